The van der Waals surface area contributed by atoms with Gasteiger partial charge in [0.25, 0.3) is 5.91 Å². The maximum atomic E-state index is 13.8. The van der Waals surface area contributed by atoms with Gasteiger partial charge in [0.1, 0.15) is 11.4 Å². The standard InChI is InChI=1S/C26H26F3N5O4/c1-3-38-24(36)25(30-13-14-31-25)16-4-6-17(7-5-16)33-15-12-20-21(23(33)35)34(32-22(20)26(27,28)29)18-8-10-19(37-2)11-9-18/h4-11,30-31H,3,12-15H2,1-2H3. The maximum Gasteiger partial charge on any atom is 0.435 e. The molecule has 0 aliphatic carbocycles. The second-order valence-electron chi connectivity index (χ2n) is 8.86. The summed E-state index contributed by atoms with van der Waals surface area (Å²) in [5.74, 6) is -0.548. The highest BCUT2D eigenvalue weighted by Crippen LogP contribution is 2.37. The van der Waals surface area contributed by atoms with E-state index >= 15 is 0 Å². The van der Waals surface area contributed by atoms with Crippen LogP contribution in [0.2, 0.25) is 0 Å². The number of amides is 1. The number of benzene rings is 2. The minimum atomic E-state index is -4.71. The normalized spacial score (nSPS) is 16.9. The van der Waals surface area contributed by atoms with E-state index in [1.807, 2.05) is 0 Å². The van der Waals surface area contributed by atoms with E-state index in [1.165, 1.54) is 12.0 Å². The molecule has 0 spiro atoms. The number of methoxy groups -OCH3 is 1. The van der Waals surface area contributed by atoms with Gasteiger partial charge in [0, 0.05) is 30.9 Å². The molecule has 0 radical (unpaired) electrons. The Kier molecular flexibility index (Phi) is 6.61. The predicted octanol–water partition coefficient (Wildman–Crippen LogP) is 3.01. The van der Waals surface area contributed by atoms with E-state index in [0.29, 0.717) is 35.8 Å². The van der Waals surface area contributed by atoms with Gasteiger partial charge in [0.05, 0.1) is 19.4 Å². The number of hydrogen-bond donors (Lipinski definition) is 2. The molecule has 3 aromatic rings. The fourth-order valence-electron chi connectivity index (χ4n) is 4.90. The van der Waals surface area contributed by atoms with Gasteiger partial charge < -0.3 is 14.4 Å². The SMILES string of the molecule is CCOC(=O)C1(c2ccc(N3CCc4c(C(F)(F)F)nn(-c5ccc(OC)cc5)c4C3=O)cc2)NCCN1. The molecular formula is C26H26F3N5O4. The number of nitrogens with zero attached hydrogens (tertiary/aromatic N) is 3. The molecule has 2 aromatic carbocycles. The van der Waals surface area contributed by atoms with Crippen molar-refractivity contribution >= 4 is 17.6 Å². The van der Waals surface area contributed by atoms with E-state index in [2.05, 4.69) is 15.7 Å². The Bertz CT molecular complexity index is 1350. The minimum Gasteiger partial charge on any atom is -0.497 e. The zero-order chi connectivity index (χ0) is 27.1. The fourth-order valence-corrected chi connectivity index (χ4v) is 4.90. The summed E-state index contributed by atoms with van der Waals surface area (Å²) in [4.78, 5) is 27.8. The van der Waals surface area contributed by atoms with Crippen LogP contribution in [0, 0.1) is 0 Å². The minimum absolute atomic E-state index is 0.0241. The Balaban J connectivity index is 1.51. The lowest BCUT2D eigenvalue weighted by atomic mass is 9.98. The lowest BCUT2D eigenvalue weighted by Gasteiger charge is -2.30. The fraction of sp³-hybridized carbons (Fsp3) is 0.346. The number of carbonyl (C=O) groups excluding carboxylic acids is 2. The molecule has 1 aromatic heterocycles. The Labute approximate surface area is 216 Å². The smallest absolute Gasteiger partial charge is 0.435 e. The Morgan fingerprint density at radius 1 is 1.05 bits per heavy atom. The van der Waals surface area contributed by atoms with Crippen LogP contribution in [-0.2, 0) is 27.8 Å². The maximum absolute atomic E-state index is 13.8. The number of hydrogen-bond acceptors (Lipinski definition) is 7. The first kappa shape index (κ1) is 25.7. The van der Waals surface area contributed by atoms with Crippen molar-refractivity contribution in [2.24, 2.45) is 0 Å². The number of fused-ring (bicyclic) bond motifs is 1. The van der Waals surface area contributed by atoms with Crippen molar-refractivity contribution in [3.05, 3.63) is 71.0 Å². The lowest BCUT2D eigenvalue weighted by molar-refractivity contribution is -0.152. The molecular weight excluding hydrogens is 503 g/mol. The number of nitrogens with one attached hydrogen (secondary N) is 2. The number of carbonyl (C=O) groups is 2. The average Bonchev–Trinajstić information content (AvgIpc) is 3.56. The van der Waals surface area contributed by atoms with E-state index in [-0.39, 0.29) is 30.8 Å². The number of ether oxygens (including phenoxy) is 2. The van der Waals surface area contributed by atoms with Crippen molar-refractivity contribution in [1.29, 1.82) is 0 Å². The van der Waals surface area contributed by atoms with Gasteiger partial charge in [-0.25, -0.2) is 9.48 Å². The van der Waals surface area contributed by atoms with Gasteiger partial charge in [-0.15, -0.1) is 0 Å². The van der Waals surface area contributed by atoms with E-state index < -0.39 is 29.4 Å². The van der Waals surface area contributed by atoms with Crippen LogP contribution >= 0.6 is 0 Å². The zero-order valence-electron chi connectivity index (χ0n) is 20.8. The van der Waals surface area contributed by atoms with Gasteiger partial charge in [-0.1, -0.05) is 12.1 Å². The largest absolute Gasteiger partial charge is 0.497 e. The van der Waals surface area contributed by atoms with Crippen molar-refractivity contribution in [2.45, 2.75) is 25.2 Å². The number of aromatic nitrogens is 2. The first-order chi connectivity index (χ1) is 18.2. The van der Waals surface area contributed by atoms with Crippen LogP contribution < -0.4 is 20.3 Å². The lowest BCUT2D eigenvalue weighted by Crippen LogP contribution is -2.53. The molecule has 1 fully saturated rings. The molecule has 5 rings (SSSR count). The van der Waals surface area contributed by atoms with Crippen LogP contribution in [-0.4, -0.2) is 55.0 Å². The topological polar surface area (TPSA) is 97.7 Å². The number of halogens is 3. The van der Waals surface area contributed by atoms with Gasteiger partial charge in [-0.2, -0.15) is 18.3 Å². The Morgan fingerprint density at radius 3 is 2.26 bits per heavy atom. The monoisotopic (exact) mass is 529 g/mol. The molecule has 0 saturated carbocycles. The van der Waals surface area contributed by atoms with Gasteiger partial charge in [-0.3, -0.25) is 15.4 Å². The molecule has 2 N–H and O–H groups in total. The highest BCUT2D eigenvalue weighted by atomic mass is 19.4. The summed E-state index contributed by atoms with van der Waals surface area (Å²) < 4.78 is 53.0. The zero-order valence-corrected chi connectivity index (χ0v) is 20.8. The Hall–Kier alpha value is -3.90. The number of esters is 1. The second-order valence-corrected chi connectivity index (χ2v) is 8.86. The summed E-state index contributed by atoms with van der Waals surface area (Å²) in [5.41, 5.74) is -1.16. The van der Waals surface area contributed by atoms with Crippen LogP contribution in [0.3, 0.4) is 0 Å². The van der Waals surface area contributed by atoms with Crippen LogP contribution in [0.15, 0.2) is 48.5 Å². The number of rotatable bonds is 6. The molecule has 2 aliphatic rings. The van der Waals surface area contributed by atoms with E-state index in [0.717, 1.165) is 4.68 Å². The summed E-state index contributed by atoms with van der Waals surface area (Å²) in [6, 6.07) is 13.0. The first-order valence-corrected chi connectivity index (χ1v) is 12.1. The molecule has 1 saturated heterocycles. The van der Waals surface area contributed by atoms with Crippen molar-refractivity contribution < 1.29 is 32.2 Å². The molecule has 0 atom stereocenters. The highest BCUT2D eigenvalue weighted by molar-refractivity contribution is 6.07. The third-order valence-electron chi connectivity index (χ3n) is 6.70. The first-order valence-electron chi connectivity index (χ1n) is 12.1. The van der Waals surface area contributed by atoms with Crippen molar-refractivity contribution in [1.82, 2.24) is 20.4 Å². The van der Waals surface area contributed by atoms with Gasteiger partial charge >= 0.3 is 12.1 Å². The average molecular weight is 530 g/mol. The predicted molar refractivity (Wildman–Crippen MR) is 131 cm³/mol. The van der Waals surface area contributed by atoms with Crippen molar-refractivity contribution in [2.75, 3.05) is 38.3 Å². The second kappa shape index (κ2) is 9.76. The molecule has 12 heteroatoms. The summed E-state index contributed by atoms with van der Waals surface area (Å²) >= 11 is 0. The van der Waals surface area contributed by atoms with Crippen molar-refractivity contribution in [3.8, 4) is 11.4 Å². The summed E-state index contributed by atoms with van der Waals surface area (Å²) in [6.45, 7) is 3.10. The van der Waals surface area contributed by atoms with Gasteiger partial charge in [0.2, 0.25) is 0 Å². The van der Waals surface area contributed by atoms with Gasteiger partial charge in [0.15, 0.2) is 11.4 Å². The number of alkyl halides is 3. The third kappa shape index (κ3) is 4.29. The molecule has 2 aliphatic heterocycles. The van der Waals surface area contributed by atoms with Crippen LogP contribution in [0.4, 0.5) is 18.9 Å². The van der Waals surface area contributed by atoms with Gasteiger partial charge in [-0.05, 0) is 55.3 Å². The van der Waals surface area contributed by atoms with Crippen LogP contribution in [0.1, 0.15) is 34.2 Å². The highest BCUT2D eigenvalue weighted by Gasteiger charge is 2.45. The summed E-state index contributed by atoms with van der Waals surface area (Å²) in [5, 5.41) is 10.1. The van der Waals surface area contributed by atoms with Crippen LogP contribution in [0.5, 0.6) is 5.75 Å². The summed E-state index contributed by atoms with van der Waals surface area (Å²) in [7, 11) is 1.48. The molecule has 1 amide bonds. The Morgan fingerprint density at radius 2 is 1.68 bits per heavy atom. The molecule has 200 valence electrons. The van der Waals surface area contributed by atoms with Crippen LogP contribution in [0.25, 0.3) is 5.69 Å². The summed E-state index contributed by atoms with van der Waals surface area (Å²) in [6.07, 6.45) is -4.74. The molecule has 0 unspecified atom stereocenters. The van der Waals surface area contributed by atoms with E-state index in [1.54, 1.807) is 55.5 Å². The molecule has 0 bridgehead atoms. The molecule has 38 heavy (non-hydrogen) atoms. The molecule has 3 heterocycles. The van der Waals surface area contributed by atoms with E-state index in [9.17, 15) is 22.8 Å². The number of anilines is 1. The molecule has 9 nitrogen and oxygen atoms in total. The third-order valence-corrected chi connectivity index (χ3v) is 6.70. The van der Waals surface area contributed by atoms with Crippen molar-refractivity contribution in [3.63, 3.8) is 0 Å². The quantitative estimate of drug-likeness (QED) is 0.474. The van der Waals surface area contributed by atoms with E-state index in [4.69, 9.17) is 9.47 Å².